The first kappa shape index (κ1) is 11.2. The third kappa shape index (κ3) is 1.97. The van der Waals surface area contributed by atoms with Gasteiger partial charge in [0.2, 0.25) is 5.91 Å². The average molecular weight is 222 g/mol. The molecule has 4 heteroatoms. The number of furan rings is 1. The molecule has 0 saturated heterocycles. The standard InChI is InChI=1S/C12H18N2O2/c1-9-3-4-10(16-9)7-14(2)11(15)12(8-13)5-6-12/h3-4H,5-8,13H2,1-2H3. The molecule has 0 aliphatic heterocycles. The monoisotopic (exact) mass is 222 g/mol. The van der Waals surface area contributed by atoms with Crippen molar-refractivity contribution in [3.05, 3.63) is 23.7 Å². The Bertz CT molecular complexity index is 393. The van der Waals surface area contributed by atoms with Gasteiger partial charge in [-0.2, -0.15) is 0 Å². The lowest BCUT2D eigenvalue weighted by atomic mass is 10.1. The molecule has 0 unspecified atom stereocenters. The first-order chi connectivity index (χ1) is 7.57. The van der Waals surface area contributed by atoms with Crippen molar-refractivity contribution < 1.29 is 9.21 Å². The molecule has 1 amide bonds. The lowest BCUT2D eigenvalue weighted by Crippen LogP contribution is -2.37. The minimum Gasteiger partial charge on any atom is -0.464 e. The lowest BCUT2D eigenvalue weighted by Gasteiger charge is -2.21. The van der Waals surface area contributed by atoms with Crippen LogP contribution in [0.1, 0.15) is 24.4 Å². The number of nitrogens with zero attached hydrogens (tertiary/aromatic N) is 1. The van der Waals surface area contributed by atoms with Crippen molar-refractivity contribution in [3.63, 3.8) is 0 Å². The summed E-state index contributed by atoms with van der Waals surface area (Å²) >= 11 is 0. The molecule has 2 N–H and O–H groups in total. The summed E-state index contributed by atoms with van der Waals surface area (Å²) in [4.78, 5) is 13.8. The molecule has 88 valence electrons. The maximum Gasteiger partial charge on any atom is 0.230 e. The average Bonchev–Trinajstić information content (AvgIpc) is 2.97. The number of carbonyl (C=O) groups excluding carboxylic acids is 1. The van der Waals surface area contributed by atoms with Crippen molar-refractivity contribution in [2.45, 2.75) is 26.3 Å². The van der Waals surface area contributed by atoms with Crippen LogP contribution < -0.4 is 5.73 Å². The first-order valence-corrected chi connectivity index (χ1v) is 5.58. The Hall–Kier alpha value is -1.29. The number of hydrogen-bond donors (Lipinski definition) is 1. The highest BCUT2D eigenvalue weighted by molar-refractivity contribution is 5.85. The van der Waals surface area contributed by atoms with Crippen LogP contribution in [0.3, 0.4) is 0 Å². The number of nitrogens with two attached hydrogens (primary N) is 1. The summed E-state index contributed by atoms with van der Waals surface area (Å²) < 4.78 is 5.45. The molecule has 0 aromatic carbocycles. The van der Waals surface area contributed by atoms with Gasteiger partial charge in [0, 0.05) is 13.6 Å². The minimum atomic E-state index is -0.267. The highest BCUT2D eigenvalue weighted by atomic mass is 16.3. The van der Waals surface area contributed by atoms with E-state index in [1.807, 2.05) is 19.1 Å². The molecule has 1 aliphatic rings. The fourth-order valence-corrected chi connectivity index (χ4v) is 1.94. The SMILES string of the molecule is Cc1ccc(CN(C)C(=O)C2(CN)CC2)o1. The van der Waals surface area contributed by atoms with Gasteiger partial charge >= 0.3 is 0 Å². The third-order valence-electron chi connectivity index (χ3n) is 3.23. The second kappa shape index (κ2) is 3.94. The summed E-state index contributed by atoms with van der Waals surface area (Å²) in [6.07, 6.45) is 1.84. The van der Waals surface area contributed by atoms with Gasteiger partial charge in [-0.3, -0.25) is 4.79 Å². The van der Waals surface area contributed by atoms with Crippen LogP contribution in [-0.2, 0) is 11.3 Å². The summed E-state index contributed by atoms with van der Waals surface area (Å²) in [5, 5.41) is 0. The van der Waals surface area contributed by atoms with Gasteiger partial charge in [0.1, 0.15) is 11.5 Å². The van der Waals surface area contributed by atoms with E-state index in [0.717, 1.165) is 24.4 Å². The van der Waals surface area contributed by atoms with E-state index in [-0.39, 0.29) is 11.3 Å². The van der Waals surface area contributed by atoms with Crippen LogP contribution in [0, 0.1) is 12.3 Å². The van der Waals surface area contributed by atoms with Crippen molar-refractivity contribution >= 4 is 5.91 Å². The topological polar surface area (TPSA) is 59.5 Å². The summed E-state index contributed by atoms with van der Waals surface area (Å²) in [6, 6.07) is 3.81. The number of carbonyl (C=O) groups is 1. The van der Waals surface area contributed by atoms with Gasteiger partial charge in [0.05, 0.1) is 12.0 Å². The van der Waals surface area contributed by atoms with Gasteiger partial charge in [0.25, 0.3) is 0 Å². The molecule has 0 spiro atoms. The van der Waals surface area contributed by atoms with E-state index in [2.05, 4.69) is 0 Å². The van der Waals surface area contributed by atoms with E-state index in [4.69, 9.17) is 10.2 Å². The maximum atomic E-state index is 12.1. The van der Waals surface area contributed by atoms with Gasteiger partial charge in [0.15, 0.2) is 0 Å². The zero-order chi connectivity index (χ0) is 11.8. The molecule has 4 nitrogen and oxygen atoms in total. The van der Waals surface area contributed by atoms with E-state index < -0.39 is 0 Å². The van der Waals surface area contributed by atoms with Crippen molar-refractivity contribution in [1.82, 2.24) is 4.90 Å². The number of aryl methyl sites for hydroxylation is 1. The molecular formula is C12H18N2O2. The molecule has 1 saturated carbocycles. The first-order valence-electron chi connectivity index (χ1n) is 5.58. The van der Waals surface area contributed by atoms with Gasteiger partial charge in [-0.15, -0.1) is 0 Å². The number of hydrogen-bond acceptors (Lipinski definition) is 3. The number of amides is 1. The summed E-state index contributed by atoms with van der Waals surface area (Å²) in [7, 11) is 1.80. The van der Waals surface area contributed by atoms with E-state index >= 15 is 0 Å². The second-order valence-corrected chi connectivity index (χ2v) is 4.66. The van der Waals surface area contributed by atoms with Crippen LogP contribution >= 0.6 is 0 Å². The van der Waals surface area contributed by atoms with E-state index in [0.29, 0.717) is 13.1 Å². The van der Waals surface area contributed by atoms with Crippen molar-refractivity contribution in [1.29, 1.82) is 0 Å². The fraction of sp³-hybridized carbons (Fsp3) is 0.583. The summed E-state index contributed by atoms with van der Waals surface area (Å²) in [6.45, 7) is 2.87. The van der Waals surface area contributed by atoms with E-state index in [9.17, 15) is 4.79 Å². The largest absolute Gasteiger partial charge is 0.464 e. The molecule has 2 rings (SSSR count). The molecule has 0 radical (unpaired) electrons. The van der Waals surface area contributed by atoms with E-state index in [1.165, 1.54) is 0 Å². The molecule has 1 aromatic rings. The normalized spacial score (nSPS) is 17.2. The van der Waals surface area contributed by atoms with Crippen molar-refractivity contribution in [2.24, 2.45) is 11.1 Å². The number of rotatable bonds is 4. The molecule has 1 heterocycles. The Balaban J connectivity index is 1.98. The van der Waals surface area contributed by atoms with Crippen molar-refractivity contribution in [3.8, 4) is 0 Å². The Labute approximate surface area is 95.4 Å². The zero-order valence-corrected chi connectivity index (χ0v) is 9.82. The Morgan fingerprint density at radius 2 is 2.25 bits per heavy atom. The smallest absolute Gasteiger partial charge is 0.230 e. The van der Waals surface area contributed by atoms with Gasteiger partial charge in [-0.1, -0.05) is 0 Å². The molecule has 0 bridgehead atoms. The van der Waals surface area contributed by atoms with Gasteiger partial charge < -0.3 is 15.1 Å². The predicted molar refractivity (Wildman–Crippen MR) is 60.6 cm³/mol. The Kier molecular flexibility index (Phi) is 2.76. The van der Waals surface area contributed by atoms with Crippen molar-refractivity contribution in [2.75, 3.05) is 13.6 Å². The van der Waals surface area contributed by atoms with Gasteiger partial charge in [-0.05, 0) is 31.9 Å². The maximum absolute atomic E-state index is 12.1. The van der Waals surface area contributed by atoms with Crippen LogP contribution in [-0.4, -0.2) is 24.4 Å². The van der Waals surface area contributed by atoms with Crippen LogP contribution in [0.15, 0.2) is 16.5 Å². The zero-order valence-electron chi connectivity index (χ0n) is 9.82. The highest BCUT2D eigenvalue weighted by Crippen LogP contribution is 2.46. The second-order valence-electron chi connectivity index (χ2n) is 4.66. The quantitative estimate of drug-likeness (QED) is 0.835. The van der Waals surface area contributed by atoms with E-state index in [1.54, 1.807) is 11.9 Å². The Morgan fingerprint density at radius 1 is 1.56 bits per heavy atom. The minimum absolute atomic E-state index is 0.143. The molecule has 0 atom stereocenters. The fourth-order valence-electron chi connectivity index (χ4n) is 1.94. The highest BCUT2D eigenvalue weighted by Gasteiger charge is 2.49. The molecular weight excluding hydrogens is 204 g/mol. The third-order valence-corrected chi connectivity index (χ3v) is 3.23. The molecule has 16 heavy (non-hydrogen) atoms. The van der Waals surface area contributed by atoms with Crippen LogP contribution in [0.2, 0.25) is 0 Å². The van der Waals surface area contributed by atoms with Crippen LogP contribution in [0.25, 0.3) is 0 Å². The van der Waals surface area contributed by atoms with Crippen LogP contribution in [0.4, 0.5) is 0 Å². The summed E-state index contributed by atoms with van der Waals surface area (Å²) in [5.74, 6) is 1.83. The Morgan fingerprint density at radius 3 is 2.69 bits per heavy atom. The van der Waals surface area contributed by atoms with Crippen LogP contribution in [0.5, 0.6) is 0 Å². The predicted octanol–water partition coefficient (Wildman–Crippen LogP) is 1.29. The molecule has 1 aliphatic carbocycles. The lowest BCUT2D eigenvalue weighted by molar-refractivity contribution is -0.136. The molecule has 1 fully saturated rings. The molecule has 1 aromatic heterocycles. The van der Waals surface area contributed by atoms with Gasteiger partial charge in [-0.25, -0.2) is 0 Å². The summed E-state index contributed by atoms with van der Waals surface area (Å²) in [5.41, 5.74) is 5.37.